The van der Waals surface area contributed by atoms with Gasteiger partial charge in [0.05, 0.1) is 11.1 Å². The van der Waals surface area contributed by atoms with E-state index in [-0.39, 0.29) is 5.41 Å². The van der Waals surface area contributed by atoms with Crippen LogP contribution in [0.1, 0.15) is 43.2 Å². The average Bonchev–Trinajstić information content (AvgIpc) is 3.96. The van der Waals surface area contributed by atoms with E-state index >= 15 is 0 Å². The molecular formula is C56H40N2OS. The van der Waals surface area contributed by atoms with Crippen molar-refractivity contribution in [3.63, 3.8) is 0 Å². The lowest BCUT2D eigenvalue weighted by Crippen LogP contribution is -2.55. The van der Waals surface area contributed by atoms with Crippen LogP contribution in [0.4, 0.5) is 0 Å². The number of hydrogen-bond acceptors (Lipinski definition) is 4. The fraction of sp³-hybridized carbons (Fsp3) is 0.179. The number of rotatable bonds is 4. The van der Waals surface area contributed by atoms with Crippen molar-refractivity contribution in [3.8, 4) is 56.0 Å². The minimum absolute atomic E-state index is 0.114. The second-order valence-corrected chi connectivity index (χ2v) is 19.2. The Balaban J connectivity index is 0.906. The predicted octanol–water partition coefficient (Wildman–Crippen LogP) is 15.1. The zero-order valence-corrected chi connectivity index (χ0v) is 33.9. The lowest BCUT2D eigenvalue weighted by Gasteiger charge is -2.61. The Kier molecular flexibility index (Phi) is 6.89. The van der Waals surface area contributed by atoms with Crippen molar-refractivity contribution >= 4 is 53.6 Å². The highest BCUT2D eigenvalue weighted by Crippen LogP contribution is 2.69. The Hall–Kier alpha value is -6.36. The Morgan fingerprint density at radius 1 is 0.467 bits per heavy atom. The number of furan rings is 1. The van der Waals surface area contributed by atoms with Gasteiger partial charge in [0.1, 0.15) is 5.58 Å². The smallest absolute Gasteiger partial charge is 0.231 e. The maximum atomic E-state index is 6.35. The molecule has 4 bridgehead atoms. The molecule has 5 aliphatic rings. The van der Waals surface area contributed by atoms with E-state index < -0.39 is 0 Å². The van der Waals surface area contributed by atoms with E-state index in [4.69, 9.17) is 14.4 Å². The average molecular weight is 789 g/mol. The summed E-state index contributed by atoms with van der Waals surface area (Å²) in [5.74, 6) is 3.93. The maximum Gasteiger partial charge on any atom is 0.231 e. The highest BCUT2D eigenvalue weighted by atomic mass is 32.1. The number of nitrogens with zero attached hydrogens (tertiary/aromatic N) is 2. The first-order valence-corrected chi connectivity index (χ1v) is 22.5. The van der Waals surface area contributed by atoms with Crippen molar-refractivity contribution in [1.82, 2.24) is 9.97 Å². The summed E-state index contributed by atoms with van der Waals surface area (Å²) in [5.41, 5.74) is 15.6. The molecule has 3 heterocycles. The Labute approximate surface area is 352 Å². The van der Waals surface area contributed by atoms with Gasteiger partial charge >= 0.3 is 0 Å². The number of hydrogen-bond donors (Lipinski definition) is 0. The SMILES string of the molecule is c1ccc(-c2nc(-c3ccc(-c4ccc5c(c4)-c4cc(-c6cccc7sc8ccccc8c67)ccc4C54C5CC6CC(C5)CC4C6)cc3)nc3oc4ccccc4c23)cc1. The largest absolute Gasteiger partial charge is 0.438 e. The van der Waals surface area contributed by atoms with Gasteiger partial charge in [-0.05, 0) is 131 Å². The van der Waals surface area contributed by atoms with Crippen LogP contribution < -0.4 is 0 Å². The van der Waals surface area contributed by atoms with Crippen molar-refractivity contribution in [2.45, 2.75) is 37.5 Å². The zero-order chi connectivity index (χ0) is 39.1. The number of aromatic nitrogens is 2. The van der Waals surface area contributed by atoms with Gasteiger partial charge in [-0.2, -0.15) is 4.98 Å². The van der Waals surface area contributed by atoms with Crippen LogP contribution in [0.3, 0.4) is 0 Å². The summed E-state index contributed by atoms with van der Waals surface area (Å²) in [6, 6.07) is 58.3. The van der Waals surface area contributed by atoms with Crippen molar-refractivity contribution in [1.29, 1.82) is 0 Å². The van der Waals surface area contributed by atoms with E-state index in [0.29, 0.717) is 11.5 Å². The van der Waals surface area contributed by atoms with E-state index in [1.54, 1.807) is 11.1 Å². The molecule has 60 heavy (non-hydrogen) atoms. The summed E-state index contributed by atoms with van der Waals surface area (Å²) in [4.78, 5) is 10.2. The van der Waals surface area contributed by atoms with Gasteiger partial charge < -0.3 is 4.42 Å². The van der Waals surface area contributed by atoms with Crippen LogP contribution >= 0.6 is 11.3 Å². The molecular weight excluding hydrogens is 749 g/mol. The van der Waals surface area contributed by atoms with Crippen LogP contribution in [-0.2, 0) is 5.41 Å². The first-order chi connectivity index (χ1) is 29.7. The van der Waals surface area contributed by atoms with E-state index in [9.17, 15) is 0 Å². The molecule has 4 fully saturated rings. The lowest BCUT2D eigenvalue weighted by molar-refractivity contribution is -0.0399. The fourth-order valence-corrected chi connectivity index (χ4v) is 14.1. The second-order valence-electron chi connectivity index (χ2n) is 18.1. The molecule has 15 rings (SSSR count). The summed E-state index contributed by atoms with van der Waals surface area (Å²) in [7, 11) is 0. The third-order valence-corrected chi connectivity index (χ3v) is 16.3. The molecule has 4 heteroatoms. The van der Waals surface area contributed by atoms with Gasteiger partial charge in [0.25, 0.3) is 0 Å². The van der Waals surface area contributed by atoms with Gasteiger partial charge in [-0.3, -0.25) is 0 Å². The summed E-state index contributed by atoms with van der Waals surface area (Å²) >= 11 is 1.90. The Morgan fingerprint density at radius 3 is 1.88 bits per heavy atom. The monoisotopic (exact) mass is 788 g/mol. The first-order valence-electron chi connectivity index (χ1n) is 21.7. The van der Waals surface area contributed by atoms with Crippen molar-refractivity contribution in [3.05, 3.63) is 169 Å². The molecule has 5 aliphatic carbocycles. The van der Waals surface area contributed by atoms with E-state index in [1.807, 2.05) is 35.6 Å². The minimum Gasteiger partial charge on any atom is -0.438 e. The molecule has 0 N–H and O–H groups in total. The number of thiophene rings is 1. The molecule has 0 amide bonds. The topological polar surface area (TPSA) is 38.9 Å². The Morgan fingerprint density at radius 2 is 1.10 bits per heavy atom. The van der Waals surface area contributed by atoms with Crippen molar-refractivity contribution in [2.75, 3.05) is 0 Å². The minimum atomic E-state index is 0.114. The van der Waals surface area contributed by atoms with Gasteiger partial charge in [-0.1, -0.05) is 127 Å². The van der Waals surface area contributed by atoms with Crippen LogP contribution in [0, 0.1) is 23.7 Å². The van der Waals surface area contributed by atoms with E-state index in [2.05, 4.69) is 133 Å². The second kappa shape index (κ2) is 12.3. The number of para-hydroxylation sites is 1. The van der Waals surface area contributed by atoms with Crippen LogP contribution in [0.2, 0.25) is 0 Å². The highest BCUT2D eigenvalue weighted by molar-refractivity contribution is 7.25. The third kappa shape index (κ3) is 4.60. The molecule has 10 aromatic rings. The third-order valence-electron chi connectivity index (χ3n) is 15.1. The first kappa shape index (κ1) is 33.5. The summed E-state index contributed by atoms with van der Waals surface area (Å²) < 4.78 is 9.06. The van der Waals surface area contributed by atoms with Gasteiger partial charge in [0.15, 0.2) is 5.82 Å². The van der Waals surface area contributed by atoms with E-state index in [0.717, 1.165) is 56.8 Å². The number of benzene rings is 7. The molecule has 0 radical (unpaired) electrons. The van der Waals surface area contributed by atoms with Gasteiger partial charge in [-0.25, -0.2) is 4.98 Å². The standard InChI is InChI=1S/C56H40N2OS/c1-2-9-35(10-3-1)53-52-42-11-4-6-14-48(42)59-55(52)58-54(57-53)36-19-17-34(18-20-36)37-21-23-46-44(30-37)45-31-38(41-13-8-16-50-51(41)43-12-5-7-15-49(43)60-50)22-24-47(45)56(46)39-26-32-25-33(28-39)29-40(56)27-32/h1-24,30-33,39-40H,25-29H2. The summed E-state index contributed by atoms with van der Waals surface area (Å²) in [6.45, 7) is 0. The van der Waals surface area contributed by atoms with Gasteiger partial charge in [-0.15, -0.1) is 11.3 Å². The molecule has 0 unspecified atom stereocenters. The molecule has 7 aromatic carbocycles. The normalized spacial score (nSPS) is 22.4. The number of fused-ring (bicyclic) bond motifs is 9. The van der Waals surface area contributed by atoms with Crippen molar-refractivity contribution in [2.24, 2.45) is 23.7 Å². The Bertz CT molecular complexity index is 3360. The van der Waals surface area contributed by atoms with Gasteiger partial charge in [0.2, 0.25) is 5.71 Å². The molecule has 0 aliphatic heterocycles. The molecule has 4 saturated carbocycles. The van der Waals surface area contributed by atoms with Crippen LogP contribution in [0.25, 0.3) is 98.3 Å². The quantitative estimate of drug-likeness (QED) is 0.178. The molecule has 0 atom stereocenters. The summed E-state index contributed by atoms with van der Waals surface area (Å²) in [6.07, 6.45) is 6.98. The molecule has 286 valence electrons. The van der Waals surface area contributed by atoms with Gasteiger partial charge in [0, 0.05) is 42.1 Å². The van der Waals surface area contributed by atoms with Crippen LogP contribution in [0.5, 0.6) is 0 Å². The molecule has 3 nitrogen and oxygen atoms in total. The molecule has 0 saturated heterocycles. The predicted molar refractivity (Wildman–Crippen MR) is 247 cm³/mol. The van der Waals surface area contributed by atoms with Crippen LogP contribution in [0.15, 0.2) is 162 Å². The molecule has 1 spiro atoms. The van der Waals surface area contributed by atoms with Crippen molar-refractivity contribution < 1.29 is 4.42 Å². The molecule has 3 aromatic heterocycles. The summed E-state index contributed by atoms with van der Waals surface area (Å²) in [5, 5.41) is 4.73. The highest BCUT2D eigenvalue weighted by Gasteiger charge is 2.61. The van der Waals surface area contributed by atoms with E-state index in [1.165, 1.54) is 85.7 Å². The fourth-order valence-electron chi connectivity index (χ4n) is 12.9. The maximum absolute atomic E-state index is 6.35. The lowest BCUT2D eigenvalue weighted by atomic mass is 9.43. The zero-order valence-electron chi connectivity index (χ0n) is 33.1. The van der Waals surface area contributed by atoms with Crippen LogP contribution in [-0.4, -0.2) is 9.97 Å².